The number of benzene rings is 1. The van der Waals surface area contributed by atoms with E-state index in [-0.39, 0.29) is 30.5 Å². The van der Waals surface area contributed by atoms with Crippen molar-refractivity contribution in [2.24, 2.45) is 29.1 Å². The number of amides is 1. The van der Waals surface area contributed by atoms with Gasteiger partial charge in [0.2, 0.25) is 5.91 Å². The number of aromatic amines is 1. The van der Waals surface area contributed by atoms with Gasteiger partial charge in [0, 0.05) is 47.3 Å². The van der Waals surface area contributed by atoms with Crippen molar-refractivity contribution in [2.75, 3.05) is 0 Å². The zero-order valence-corrected chi connectivity index (χ0v) is 22.8. The Morgan fingerprint density at radius 2 is 1.87 bits per heavy atom. The van der Waals surface area contributed by atoms with Gasteiger partial charge in [-0.25, -0.2) is 0 Å². The van der Waals surface area contributed by atoms with Crippen LogP contribution in [0.4, 0.5) is 0 Å². The molecule has 39 heavy (non-hydrogen) atoms. The zero-order chi connectivity index (χ0) is 28.1. The van der Waals surface area contributed by atoms with E-state index in [4.69, 9.17) is 0 Å². The number of aromatic nitrogens is 1. The Kier molecular flexibility index (Phi) is 7.25. The molecule has 3 aliphatic rings. The van der Waals surface area contributed by atoms with Crippen LogP contribution >= 0.6 is 0 Å². The average Bonchev–Trinajstić information content (AvgIpc) is 3.45. The predicted octanol–water partition coefficient (Wildman–Crippen LogP) is 3.82. The van der Waals surface area contributed by atoms with Crippen molar-refractivity contribution >= 4 is 28.4 Å². The molecule has 1 aliphatic heterocycles. The number of carbonyl (C=O) groups excluding carboxylic acids is 3. The highest BCUT2D eigenvalue weighted by molar-refractivity contribution is 6.10. The van der Waals surface area contributed by atoms with Crippen molar-refractivity contribution in [1.29, 1.82) is 0 Å². The van der Waals surface area contributed by atoms with Crippen molar-refractivity contribution in [3.05, 3.63) is 72.0 Å². The highest BCUT2D eigenvalue weighted by Gasteiger charge is 2.67. The van der Waals surface area contributed by atoms with Crippen LogP contribution in [0.3, 0.4) is 0 Å². The normalized spacial score (nSPS) is 38.1. The van der Waals surface area contributed by atoms with Crippen LogP contribution in [0.5, 0.6) is 0 Å². The number of carbonyl (C=O) groups is 3. The summed E-state index contributed by atoms with van der Waals surface area (Å²) in [7, 11) is 0. The number of nitrogens with one attached hydrogen (secondary N) is 2. The van der Waals surface area contributed by atoms with Crippen molar-refractivity contribution in [1.82, 2.24) is 10.3 Å². The van der Waals surface area contributed by atoms with Gasteiger partial charge in [0.25, 0.3) is 0 Å². The van der Waals surface area contributed by atoms with Gasteiger partial charge in [-0.3, -0.25) is 14.4 Å². The summed E-state index contributed by atoms with van der Waals surface area (Å²) in [6.07, 6.45) is 6.03. The summed E-state index contributed by atoms with van der Waals surface area (Å²) in [4.78, 5) is 44.3. The minimum Gasteiger partial charge on any atom is -0.392 e. The number of aliphatic hydroxyl groups is 2. The lowest BCUT2D eigenvalue weighted by Gasteiger charge is -2.49. The van der Waals surface area contributed by atoms with E-state index in [2.05, 4.69) is 16.9 Å². The van der Waals surface area contributed by atoms with Gasteiger partial charge in [0.05, 0.1) is 6.10 Å². The van der Waals surface area contributed by atoms with Gasteiger partial charge in [-0.2, -0.15) is 0 Å². The summed E-state index contributed by atoms with van der Waals surface area (Å²) in [5.41, 5.74) is 1.59. The lowest BCUT2D eigenvalue weighted by atomic mass is 9.52. The number of fused-ring (bicyclic) bond motifs is 1. The third-order valence-corrected chi connectivity index (χ3v) is 9.27. The van der Waals surface area contributed by atoms with E-state index < -0.39 is 47.2 Å². The summed E-state index contributed by atoms with van der Waals surface area (Å²) >= 11 is 0. The lowest BCUT2D eigenvalue weighted by Crippen LogP contribution is -2.58. The molecule has 2 aromatic rings. The minimum atomic E-state index is -1.57. The van der Waals surface area contributed by atoms with Crippen LogP contribution in [0.2, 0.25) is 0 Å². The van der Waals surface area contributed by atoms with E-state index in [9.17, 15) is 24.6 Å². The first-order chi connectivity index (χ1) is 18.6. The Morgan fingerprint density at radius 1 is 1.13 bits per heavy atom. The molecule has 1 aromatic carbocycles. The SMILES string of the molecule is C=C1[C@@H](C)[C@@H](O)[C@@H]2/C=C/C[C@H](C)/C=C(\C)C(=O)[C@@H](O)CCC(=O)[C@]23C(=O)N[C@@H](Cc2c[nH]c4ccccc24)[C@H]13. The van der Waals surface area contributed by atoms with Gasteiger partial charge in [-0.05, 0) is 49.3 Å². The number of para-hydroxylation sites is 1. The molecule has 8 atom stereocenters. The number of hydrogen-bond donors (Lipinski definition) is 4. The molecule has 4 N–H and O–H groups in total. The van der Waals surface area contributed by atoms with Crippen molar-refractivity contribution < 1.29 is 24.6 Å². The van der Waals surface area contributed by atoms with Gasteiger partial charge in [-0.15, -0.1) is 0 Å². The first-order valence-corrected chi connectivity index (χ1v) is 13.9. The number of aliphatic hydroxyl groups excluding tert-OH is 2. The number of H-pyrrole nitrogens is 1. The van der Waals surface area contributed by atoms with Crippen LogP contribution in [0.25, 0.3) is 10.9 Å². The quantitative estimate of drug-likeness (QED) is 0.348. The number of Topliss-reactive ketones (excluding diaryl/α,β-unsaturated/α-hetero) is 2. The molecule has 2 fully saturated rings. The number of allylic oxidation sites excluding steroid dienone is 2. The first-order valence-electron chi connectivity index (χ1n) is 13.9. The molecule has 2 heterocycles. The molecule has 0 bridgehead atoms. The fourth-order valence-corrected chi connectivity index (χ4v) is 7.17. The Balaban J connectivity index is 1.60. The second-order valence-electron chi connectivity index (χ2n) is 11.7. The summed E-state index contributed by atoms with van der Waals surface area (Å²) < 4.78 is 0. The minimum absolute atomic E-state index is 0.000693. The predicted molar refractivity (Wildman–Crippen MR) is 150 cm³/mol. The summed E-state index contributed by atoms with van der Waals surface area (Å²) in [6.45, 7) is 9.88. The van der Waals surface area contributed by atoms with Gasteiger partial charge >= 0.3 is 0 Å². The summed E-state index contributed by atoms with van der Waals surface area (Å²) in [5, 5.41) is 26.3. The van der Waals surface area contributed by atoms with Crippen LogP contribution in [0.15, 0.2) is 66.4 Å². The fraction of sp³-hybridized carbons (Fsp3) is 0.469. The number of ketones is 2. The first kappa shape index (κ1) is 27.3. The average molecular weight is 531 g/mol. The van der Waals surface area contributed by atoms with E-state index in [1.807, 2.05) is 62.5 Å². The molecule has 1 aromatic heterocycles. The summed E-state index contributed by atoms with van der Waals surface area (Å²) in [5.74, 6) is -2.81. The number of hydrogen-bond acceptors (Lipinski definition) is 5. The van der Waals surface area contributed by atoms with Crippen LogP contribution in [-0.2, 0) is 20.8 Å². The monoisotopic (exact) mass is 530 g/mol. The van der Waals surface area contributed by atoms with Crippen LogP contribution < -0.4 is 5.32 Å². The maximum absolute atomic E-state index is 14.2. The fourth-order valence-electron chi connectivity index (χ4n) is 7.17. The molecular weight excluding hydrogens is 492 g/mol. The van der Waals surface area contributed by atoms with Gasteiger partial charge in [0.15, 0.2) is 5.78 Å². The molecule has 7 heteroatoms. The molecule has 0 unspecified atom stereocenters. The zero-order valence-electron chi connectivity index (χ0n) is 22.8. The molecule has 1 saturated carbocycles. The molecular formula is C32H38N2O5. The van der Waals surface area contributed by atoms with E-state index in [1.165, 1.54) is 0 Å². The Morgan fingerprint density at radius 3 is 2.64 bits per heavy atom. The van der Waals surface area contributed by atoms with E-state index in [0.717, 1.165) is 16.5 Å². The van der Waals surface area contributed by atoms with E-state index in [0.29, 0.717) is 24.0 Å². The van der Waals surface area contributed by atoms with Gasteiger partial charge < -0.3 is 20.5 Å². The highest BCUT2D eigenvalue weighted by atomic mass is 16.3. The van der Waals surface area contributed by atoms with Crippen LogP contribution in [-0.4, -0.2) is 50.9 Å². The second kappa shape index (κ2) is 10.4. The molecule has 0 radical (unpaired) electrons. The molecule has 5 rings (SSSR count). The Hall–Kier alpha value is -3.29. The Bertz CT molecular complexity index is 1390. The van der Waals surface area contributed by atoms with Crippen molar-refractivity contribution in [3.63, 3.8) is 0 Å². The van der Waals surface area contributed by atoms with Gasteiger partial charge in [0.1, 0.15) is 17.3 Å². The van der Waals surface area contributed by atoms with Crippen LogP contribution in [0, 0.1) is 29.1 Å². The molecule has 1 saturated heterocycles. The van der Waals surface area contributed by atoms with Crippen molar-refractivity contribution in [3.8, 4) is 0 Å². The third kappa shape index (κ3) is 4.42. The third-order valence-electron chi connectivity index (χ3n) is 9.27. The van der Waals surface area contributed by atoms with E-state index >= 15 is 0 Å². The largest absolute Gasteiger partial charge is 0.392 e. The van der Waals surface area contributed by atoms with Crippen LogP contribution in [0.1, 0.15) is 45.6 Å². The smallest absolute Gasteiger partial charge is 0.235 e. The standard InChI is InChI=1S/C32H38N2O5/c1-17-8-7-10-23-30(38)20(4)19(3)28-25(15-21-16-33-24-11-6-5-9-22(21)24)34-31(39)32(23,28)27(36)13-12-26(35)29(37)18(2)14-17/h5-7,9-11,14,16-17,20,23,25-26,28,30,33,35,38H,3,8,12-13,15H2,1-2,4H3,(H,34,39)/b10-7+,18-14+/t17-,20+,23-,25-,26-,28-,30+,32+/m0/s1. The summed E-state index contributed by atoms with van der Waals surface area (Å²) in [6, 6.07) is 7.55. The topological polar surface area (TPSA) is 119 Å². The number of rotatable bonds is 2. The molecule has 7 nitrogen and oxygen atoms in total. The van der Waals surface area contributed by atoms with Crippen molar-refractivity contribution in [2.45, 2.75) is 64.7 Å². The molecule has 1 amide bonds. The van der Waals surface area contributed by atoms with Gasteiger partial charge in [-0.1, -0.05) is 62.4 Å². The molecule has 1 spiro atoms. The second-order valence-corrected chi connectivity index (χ2v) is 11.7. The maximum Gasteiger partial charge on any atom is 0.235 e. The molecule has 2 aliphatic carbocycles. The molecule has 206 valence electrons. The lowest BCUT2D eigenvalue weighted by molar-refractivity contribution is -0.151. The Labute approximate surface area is 229 Å². The highest BCUT2D eigenvalue weighted by Crippen LogP contribution is 2.56. The maximum atomic E-state index is 14.2. The van der Waals surface area contributed by atoms with E-state index in [1.54, 1.807) is 6.92 Å².